The van der Waals surface area contributed by atoms with Gasteiger partial charge in [0.25, 0.3) is 0 Å². The van der Waals surface area contributed by atoms with E-state index >= 15 is 0 Å². The third kappa shape index (κ3) is 0.718. The number of ether oxygens (including phenoxy) is 1. The molecule has 40 valence electrons. The SMILES string of the molecule is C[C@H]1OC1C(=O)O. The number of carboxylic acid groups (broad SMARTS) is 1. The Morgan fingerprint density at radius 3 is 2.29 bits per heavy atom. The molecule has 0 aliphatic carbocycles. The van der Waals surface area contributed by atoms with E-state index in [1.54, 1.807) is 6.92 Å². The van der Waals surface area contributed by atoms with E-state index in [2.05, 4.69) is 4.74 Å². The average Bonchev–Trinajstić information content (AvgIpc) is 2.17. The largest absolute Gasteiger partial charge is 0.479 e. The molecule has 0 amide bonds. The average molecular weight is 102 g/mol. The molecule has 7 heavy (non-hydrogen) atoms. The van der Waals surface area contributed by atoms with Crippen LogP contribution in [0.25, 0.3) is 0 Å². The summed E-state index contributed by atoms with van der Waals surface area (Å²) in [4.78, 5) is 9.85. The van der Waals surface area contributed by atoms with E-state index in [0.717, 1.165) is 0 Å². The van der Waals surface area contributed by atoms with Crippen molar-refractivity contribution < 1.29 is 14.6 Å². The standard InChI is InChI=1S/C4H6O3/c1-2-3(7-2)4(5)6/h2-3H,1H3,(H,5,6)/t2-,3?/m1/s1. The van der Waals surface area contributed by atoms with Crippen LogP contribution in [0.2, 0.25) is 0 Å². The minimum atomic E-state index is -0.854. The number of epoxide rings is 1. The van der Waals surface area contributed by atoms with Crippen LogP contribution in [0.5, 0.6) is 0 Å². The molecule has 0 aromatic rings. The fraction of sp³-hybridized carbons (Fsp3) is 0.750. The molecule has 1 aliphatic rings. The van der Waals surface area contributed by atoms with Gasteiger partial charge in [-0.2, -0.15) is 0 Å². The molecular formula is C4H6O3. The number of carboxylic acids is 1. The highest BCUT2D eigenvalue weighted by molar-refractivity contribution is 5.75. The predicted octanol–water partition coefficient (Wildman–Crippen LogP) is -0.142. The number of hydrogen-bond donors (Lipinski definition) is 1. The molecule has 3 heteroatoms. The van der Waals surface area contributed by atoms with E-state index in [4.69, 9.17) is 5.11 Å². The molecule has 0 bridgehead atoms. The second-order valence-corrected chi connectivity index (χ2v) is 1.60. The van der Waals surface area contributed by atoms with Crippen LogP contribution in [0.3, 0.4) is 0 Å². The van der Waals surface area contributed by atoms with Crippen molar-refractivity contribution in [3.05, 3.63) is 0 Å². The van der Waals surface area contributed by atoms with Gasteiger partial charge in [-0.25, -0.2) is 4.79 Å². The summed E-state index contributed by atoms with van der Waals surface area (Å²) in [6.07, 6.45) is -0.572. The van der Waals surface area contributed by atoms with Crippen LogP contribution in [0.1, 0.15) is 6.92 Å². The van der Waals surface area contributed by atoms with Gasteiger partial charge < -0.3 is 9.84 Å². The molecule has 1 fully saturated rings. The first-order valence-electron chi connectivity index (χ1n) is 2.10. The molecule has 3 nitrogen and oxygen atoms in total. The summed E-state index contributed by atoms with van der Waals surface area (Å²) >= 11 is 0. The zero-order valence-corrected chi connectivity index (χ0v) is 3.92. The Kier molecular flexibility index (Phi) is 0.785. The van der Waals surface area contributed by atoms with Gasteiger partial charge in [0.05, 0.1) is 6.10 Å². The normalized spacial score (nSPS) is 37.9. The van der Waals surface area contributed by atoms with Gasteiger partial charge in [0.2, 0.25) is 0 Å². The highest BCUT2D eigenvalue weighted by Crippen LogP contribution is 2.20. The molecule has 0 radical (unpaired) electrons. The van der Waals surface area contributed by atoms with Gasteiger partial charge >= 0.3 is 5.97 Å². The highest BCUT2D eigenvalue weighted by atomic mass is 16.6. The van der Waals surface area contributed by atoms with Crippen molar-refractivity contribution in [3.63, 3.8) is 0 Å². The zero-order valence-electron chi connectivity index (χ0n) is 3.92. The molecule has 1 saturated heterocycles. The van der Waals surface area contributed by atoms with E-state index in [9.17, 15) is 4.79 Å². The summed E-state index contributed by atoms with van der Waals surface area (Å²) in [6, 6.07) is 0. The van der Waals surface area contributed by atoms with E-state index < -0.39 is 12.1 Å². The first-order chi connectivity index (χ1) is 3.22. The Bertz CT molecular complexity index is 99.1. The molecule has 1 unspecified atom stereocenters. The Labute approximate surface area is 40.9 Å². The molecule has 0 spiro atoms. The number of carbonyl (C=O) groups is 1. The lowest BCUT2D eigenvalue weighted by Crippen LogP contribution is -2.05. The quantitative estimate of drug-likeness (QED) is 0.469. The maximum Gasteiger partial charge on any atom is 0.335 e. The fourth-order valence-electron chi connectivity index (χ4n) is 0.445. The highest BCUT2D eigenvalue weighted by Gasteiger charge is 2.40. The van der Waals surface area contributed by atoms with Gasteiger partial charge in [-0.3, -0.25) is 0 Å². The molecule has 1 heterocycles. The van der Waals surface area contributed by atoms with Gasteiger partial charge in [0.1, 0.15) is 0 Å². The maximum atomic E-state index is 9.85. The second-order valence-electron chi connectivity index (χ2n) is 1.60. The van der Waals surface area contributed by atoms with E-state index in [1.165, 1.54) is 0 Å². The van der Waals surface area contributed by atoms with Gasteiger partial charge in [0.15, 0.2) is 6.10 Å². The van der Waals surface area contributed by atoms with Crippen molar-refractivity contribution >= 4 is 5.97 Å². The smallest absolute Gasteiger partial charge is 0.335 e. The molecule has 1 rings (SSSR count). The number of rotatable bonds is 1. The second kappa shape index (κ2) is 1.20. The molecule has 2 atom stereocenters. The topological polar surface area (TPSA) is 49.8 Å². The number of aliphatic carboxylic acids is 1. The van der Waals surface area contributed by atoms with Crippen molar-refractivity contribution in [1.82, 2.24) is 0 Å². The van der Waals surface area contributed by atoms with Crippen molar-refractivity contribution in [3.8, 4) is 0 Å². The summed E-state index contributed by atoms with van der Waals surface area (Å²) < 4.78 is 4.58. The Morgan fingerprint density at radius 1 is 1.86 bits per heavy atom. The Hall–Kier alpha value is -0.570. The maximum absolute atomic E-state index is 9.85. The van der Waals surface area contributed by atoms with Crippen LogP contribution in [0.4, 0.5) is 0 Å². The first kappa shape index (κ1) is 4.59. The molecule has 0 saturated carbocycles. The van der Waals surface area contributed by atoms with Crippen molar-refractivity contribution in [2.24, 2.45) is 0 Å². The Balaban J connectivity index is 2.33. The molecule has 1 N–H and O–H groups in total. The minimum absolute atomic E-state index is 0.0579. The fourth-order valence-corrected chi connectivity index (χ4v) is 0.445. The molecule has 0 aromatic heterocycles. The predicted molar refractivity (Wildman–Crippen MR) is 22.0 cm³/mol. The minimum Gasteiger partial charge on any atom is -0.479 e. The lowest BCUT2D eigenvalue weighted by molar-refractivity contribution is -0.138. The zero-order chi connectivity index (χ0) is 5.44. The van der Waals surface area contributed by atoms with Crippen LogP contribution < -0.4 is 0 Å². The molecule has 1 aliphatic heterocycles. The summed E-state index contributed by atoms with van der Waals surface area (Å²) in [7, 11) is 0. The summed E-state index contributed by atoms with van der Waals surface area (Å²) in [5, 5.41) is 8.10. The van der Waals surface area contributed by atoms with Crippen molar-refractivity contribution in [2.75, 3.05) is 0 Å². The first-order valence-corrected chi connectivity index (χ1v) is 2.10. The van der Waals surface area contributed by atoms with E-state index in [0.29, 0.717) is 0 Å². The van der Waals surface area contributed by atoms with Crippen LogP contribution >= 0.6 is 0 Å². The van der Waals surface area contributed by atoms with Gasteiger partial charge in [-0.05, 0) is 6.92 Å². The molecular weight excluding hydrogens is 96.0 g/mol. The lowest BCUT2D eigenvalue weighted by atomic mass is 10.4. The monoisotopic (exact) mass is 102 g/mol. The van der Waals surface area contributed by atoms with Crippen LogP contribution in [0.15, 0.2) is 0 Å². The summed E-state index contributed by atoms with van der Waals surface area (Å²) in [5.74, 6) is -0.854. The van der Waals surface area contributed by atoms with Crippen molar-refractivity contribution in [1.29, 1.82) is 0 Å². The van der Waals surface area contributed by atoms with Crippen LogP contribution in [-0.2, 0) is 9.53 Å². The lowest BCUT2D eigenvalue weighted by Gasteiger charge is -1.74. The Morgan fingerprint density at radius 2 is 2.29 bits per heavy atom. The summed E-state index contributed by atoms with van der Waals surface area (Å²) in [5.41, 5.74) is 0. The number of hydrogen-bond acceptors (Lipinski definition) is 2. The van der Waals surface area contributed by atoms with Gasteiger partial charge in [-0.1, -0.05) is 0 Å². The third-order valence-electron chi connectivity index (χ3n) is 0.954. The van der Waals surface area contributed by atoms with Crippen LogP contribution in [-0.4, -0.2) is 23.3 Å². The van der Waals surface area contributed by atoms with Gasteiger partial charge in [0, 0.05) is 0 Å². The summed E-state index contributed by atoms with van der Waals surface area (Å²) in [6.45, 7) is 1.73. The van der Waals surface area contributed by atoms with Crippen LogP contribution in [0, 0.1) is 0 Å². The molecule has 0 aromatic carbocycles. The van der Waals surface area contributed by atoms with Crippen molar-refractivity contribution in [2.45, 2.75) is 19.1 Å². The van der Waals surface area contributed by atoms with Gasteiger partial charge in [-0.15, -0.1) is 0 Å². The third-order valence-corrected chi connectivity index (χ3v) is 0.954. The van der Waals surface area contributed by atoms with E-state index in [-0.39, 0.29) is 6.10 Å². The van der Waals surface area contributed by atoms with E-state index in [1.807, 2.05) is 0 Å².